The van der Waals surface area contributed by atoms with Gasteiger partial charge >= 0.3 is 0 Å². The molecule has 0 saturated carbocycles. The van der Waals surface area contributed by atoms with Crippen LogP contribution in [0.4, 0.5) is 0 Å². The average molecular weight is 295 g/mol. The number of hydrogen-bond donors (Lipinski definition) is 0. The van der Waals surface area contributed by atoms with Crippen molar-refractivity contribution in [2.45, 2.75) is 0 Å². The minimum Gasteiger partial charge on any atom is -0.298 e. The predicted molar refractivity (Wildman–Crippen MR) is 83.3 cm³/mol. The Morgan fingerprint density at radius 3 is 2.29 bits per heavy atom. The van der Waals surface area contributed by atoms with E-state index >= 15 is 0 Å². The molecule has 0 saturated heterocycles. The minimum atomic E-state index is 0.210. The van der Waals surface area contributed by atoms with Crippen molar-refractivity contribution in [1.29, 1.82) is 0 Å². The summed E-state index contributed by atoms with van der Waals surface area (Å²) in [5.41, 5.74) is 4.19. The van der Waals surface area contributed by atoms with Gasteiger partial charge in [-0.25, -0.2) is 9.97 Å². The lowest BCUT2D eigenvalue weighted by atomic mass is 10.00. The molecule has 3 rings (SSSR count). The summed E-state index contributed by atoms with van der Waals surface area (Å²) in [5, 5.41) is 0.210. The molecule has 21 heavy (non-hydrogen) atoms. The second-order valence-corrected chi connectivity index (χ2v) is 4.85. The van der Waals surface area contributed by atoms with Gasteiger partial charge in [0.2, 0.25) is 5.28 Å². The Morgan fingerprint density at radius 2 is 1.62 bits per heavy atom. The van der Waals surface area contributed by atoms with Crippen LogP contribution in [0.15, 0.2) is 60.8 Å². The Bertz CT molecular complexity index is 771. The number of rotatable bonds is 3. The van der Waals surface area contributed by atoms with Crippen LogP contribution < -0.4 is 0 Å². The normalized spacial score (nSPS) is 10.3. The van der Waals surface area contributed by atoms with Crippen molar-refractivity contribution in [1.82, 2.24) is 9.97 Å². The molecule has 1 heterocycles. The van der Waals surface area contributed by atoms with Crippen molar-refractivity contribution in [3.8, 4) is 22.4 Å². The highest BCUT2D eigenvalue weighted by Crippen LogP contribution is 2.30. The third kappa shape index (κ3) is 2.83. The van der Waals surface area contributed by atoms with Gasteiger partial charge < -0.3 is 0 Å². The van der Waals surface area contributed by atoms with Crippen LogP contribution in [0.2, 0.25) is 5.28 Å². The lowest BCUT2D eigenvalue weighted by Crippen LogP contribution is -1.93. The highest BCUT2D eigenvalue weighted by molar-refractivity contribution is 6.28. The Kier molecular flexibility index (Phi) is 3.75. The first-order valence-corrected chi connectivity index (χ1v) is 6.79. The number of carbonyl (C=O) groups is 1. The van der Waals surface area contributed by atoms with E-state index in [1.54, 1.807) is 18.3 Å². The van der Waals surface area contributed by atoms with Crippen LogP contribution in [0.1, 0.15) is 10.4 Å². The van der Waals surface area contributed by atoms with Crippen molar-refractivity contribution in [3.05, 3.63) is 71.6 Å². The molecule has 0 aliphatic heterocycles. The van der Waals surface area contributed by atoms with Crippen molar-refractivity contribution in [2.24, 2.45) is 0 Å². The summed E-state index contributed by atoms with van der Waals surface area (Å²) >= 11 is 5.93. The first-order chi connectivity index (χ1) is 10.3. The standard InChI is InChI=1S/C17H11ClN2O/c18-17-19-10-15(13-8-6-12(11-21)7-9-13)16(20-17)14-4-2-1-3-5-14/h1-11H. The van der Waals surface area contributed by atoms with Gasteiger partial charge in [0.1, 0.15) is 6.29 Å². The molecule has 0 radical (unpaired) electrons. The monoisotopic (exact) mass is 294 g/mol. The zero-order valence-electron chi connectivity index (χ0n) is 11.0. The summed E-state index contributed by atoms with van der Waals surface area (Å²) in [7, 11) is 0. The largest absolute Gasteiger partial charge is 0.298 e. The summed E-state index contributed by atoms with van der Waals surface area (Å²) < 4.78 is 0. The molecule has 0 amide bonds. The second-order valence-electron chi connectivity index (χ2n) is 4.51. The smallest absolute Gasteiger partial charge is 0.222 e. The van der Waals surface area contributed by atoms with Crippen LogP contribution in [0, 0.1) is 0 Å². The first-order valence-electron chi connectivity index (χ1n) is 6.41. The van der Waals surface area contributed by atoms with E-state index in [-0.39, 0.29) is 5.28 Å². The van der Waals surface area contributed by atoms with Crippen LogP contribution in [0.5, 0.6) is 0 Å². The highest BCUT2D eigenvalue weighted by atomic mass is 35.5. The average Bonchev–Trinajstić information content (AvgIpc) is 2.56. The fourth-order valence-corrected chi connectivity index (χ4v) is 2.26. The van der Waals surface area contributed by atoms with Crippen molar-refractivity contribution in [3.63, 3.8) is 0 Å². The van der Waals surface area contributed by atoms with Gasteiger partial charge in [-0.2, -0.15) is 0 Å². The lowest BCUT2D eigenvalue weighted by Gasteiger charge is -2.09. The first kappa shape index (κ1) is 13.5. The van der Waals surface area contributed by atoms with Crippen LogP contribution in [0.25, 0.3) is 22.4 Å². The molecule has 0 aliphatic carbocycles. The topological polar surface area (TPSA) is 42.9 Å². The van der Waals surface area contributed by atoms with E-state index in [9.17, 15) is 4.79 Å². The van der Waals surface area contributed by atoms with Crippen LogP contribution in [-0.4, -0.2) is 16.3 Å². The molecule has 0 aliphatic rings. The molecule has 1 aromatic heterocycles. The second kappa shape index (κ2) is 5.85. The van der Waals surface area contributed by atoms with Crippen LogP contribution >= 0.6 is 11.6 Å². The maximum absolute atomic E-state index is 10.7. The van der Waals surface area contributed by atoms with E-state index in [1.165, 1.54) is 0 Å². The molecule has 0 spiro atoms. The third-order valence-corrected chi connectivity index (χ3v) is 3.35. The van der Waals surface area contributed by atoms with Crippen molar-refractivity contribution in [2.75, 3.05) is 0 Å². The van der Waals surface area contributed by atoms with Crippen molar-refractivity contribution >= 4 is 17.9 Å². The Balaban J connectivity index is 2.16. The summed E-state index contributed by atoms with van der Waals surface area (Å²) in [6, 6.07) is 17.1. The highest BCUT2D eigenvalue weighted by Gasteiger charge is 2.10. The Labute approximate surface area is 127 Å². The molecule has 0 fully saturated rings. The van der Waals surface area contributed by atoms with E-state index in [1.807, 2.05) is 42.5 Å². The number of aromatic nitrogens is 2. The molecule has 102 valence electrons. The van der Waals surface area contributed by atoms with Crippen molar-refractivity contribution < 1.29 is 4.79 Å². The number of hydrogen-bond acceptors (Lipinski definition) is 3. The molecule has 0 N–H and O–H groups in total. The Hall–Kier alpha value is -2.52. The molecule has 4 heteroatoms. The number of aldehydes is 1. The van der Waals surface area contributed by atoms with E-state index in [2.05, 4.69) is 9.97 Å². The molecule has 0 unspecified atom stereocenters. The molecule has 3 nitrogen and oxygen atoms in total. The maximum Gasteiger partial charge on any atom is 0.222 e. The zero-order valence-corrected chi connectivity index (χ0v) is 11.8. The van der Waals surface area contributed by atoms with E-state index in [0.717, 1.165) is 28.7 Å². The molecule has 0 bridgehead atoms. The summed E-state index contributed by atoms with van der Waals surface area (Å²) in [5.74, 6) is 0. The SMILES string of the molecule is O=Cc1ccc(-c2cnc(Cl)nc2-c2ccccc2)cc1. The minimum absolute atomic E-state index is 0.210. The maximum atomic E-state index is 10.7. The van der Waals surface area contributed by atoms with Gasteiger partial charge in [-0.1, -0.05) is 54.6 Å². The number of nitrogens with zero attached hydrogens (tertiary/aromatic N) is 2. The third-order valence-electron chi connectivity index (χ3n) is 3.16. The van der Waals surface area contributed by atoms with Gasteiger partial charge in [0, 0.05) is 22.9 Å². The number of benzene rings is 2. The lowest BCUT2D eigenvalue weighted by molar-refractivity contribution is 0.112. The summed E-state index contributed by atoms with van der Waals surface area (Å²) in [6.07, 6.45) is 2.52. The summed E-state index contributed by atoms with van der Waals surface area (Å²) in [6.45, 7) is 0. The van der Waals surface area contributed by atoms with Gasteiger partial charge in [-0.05, 0) is 17.2 Å². The van der Waals surface area contributed by atoms with Gasteiger partial charge in [0.25, 0.3) is 0 Å². The van der Waals surface area contributed by atoms with Gasteiger partial charge in [-0.15, -0.1) is 0 Å². The summed E-state index contributed by atoms with van der Waals surface area (Å²) in [4.78, 5) is 19.2. The van der Waals surface area contributed by atoms with Crippen LogP contribution in [0.3, 0.4) is 0 Å². The Morgan fingerprint density at radius 1 is 0.905 bits per heavy atom. The fraction of sp³-hybridized carbons (Fsp3) is 0. The predicted octanol–water partition coefficient (Wildman–Crippen LogP) is 4.28. The van der Waals surface area contributed by atoms with Crippen LogP contribution in [-0.2, 0) is 0 Å². The molecule has 3 aromatic rings. The molecule has 2 aromatic carbocycles. The van der Waals surface area contributed by atoms with Gasteiger partial charge in [0.05, 0.1) is 5.69 Å². The van der Waals surface area contributed by atoms with E-state index < -0.39 is 0 Å². The number of carbonyl (C=O) groups excluding carboxylic acids is 1. The van der Waals surface area contributed by atoms with Gasteiger partial charge in [-0.3, -0.25) is 4.79 Å². The van der Waals surface area contributed by atoms with E-state index in [4.69, 9.17) is 11.6 Å². The fourth-order valence-electron chi connectivity index (χ4n) is 2.13. The van der Waals surface area contributed by atoms with E-state index in [0.29, 0.717) is 5.56 Å². The number of halogens is 1. The zero-order chi connectivity index (χ0) is 14.7. The molecular weight excluding hydrogens is 284 g/mol. The molecule has 0 atom stereocenters. The van der Waals surface area contributed by atoms with Gasteiger partial charge in [0.15, 0.2) is 0 Å². The quantitative estimate of drug-likeness (QED) is 0.535. The molecular formula is C17H11ClN2O.